The molecule has 13 heteroatoms. The summed E-state index contributed by atoms with van der Waals surface area (Å²) in [6.07, 6.45) is 0.703. The fourth-order valence-corrected chi connectivity index (χ4v) is 5.71. The molecule has 0 aliphatic carbocycles. The van der Waals surface area contributed by atoms with Crippen LogP contribution in [0.3, 0.4) is 0 Å². The van der Waals surface area contributed by atoms with Crippen LogP contribution in [-0.4, -0.2) is 128 Å². The number of halogens is 1. The minimum atomic E-state index is -1.98. The predicted molar refractivity (Wildman–Crippen MR) is 183 cm³/mol. The lowest BCUT2D eigenvalue weighted by Crippen LogP contribution is -2.45. The van der Waals surface area contributed by atoms with E-state index in [4.69, 9.17) is 21.8 Å². The van der Waals surface area contributed by atoms with Crippen LogP contribution in [0.2, 0.25) is 0 Å². The van der Waals surface area contributed by atoms with Crippen LogP contribution < -0.4 is 5.32 Å². The molecule has 0 radical (unpaired) electrons. The quantitative estimate of drug-likeness (QED) is 0.238. The highest BCUT2D eigenvalue weighted by molar-refractivity contribution is 7.63. The maximum atomic E-state index is 11.8. The zero-order valence-corrected chi connectivity index (χ0v) is 28.3. The van der Waals surface area contributed by atoms with Gasteiger partial charge in [-0.2, -0.15) is 0 Å². The molecule has 0 amide bonds. The number of rotatable bonds is 9. The number of carboxylic acids is 2. The number of carbonyl (C=O) groups is 2. The summed E-state index contributed by atoms with van der Waals surface area (Å²) in [7, 11) is -3.86. The van der Waals surface area contributed by atoms with Gasteiger partial charge in [-0.05, 0) is 62.1 Å². The zero-order chi connectivity index (χ0) is 32.0. The van der Waals surface area contributed by atoms with Gasteiger partial charge in [0.05, 0.1) is 37.3 Å². The summed E-state index contributed by atoms with van der Waals surface area (Å²) in [5.41, 5.74) is 3.28. The number of hydrogen-bond acceptors (Lipinski definition) is 8. The Bertz CT molecular complexity index is 1240. The molecule has 2 aliphatic rings. The summed E-state index contributed by atoms with van der Waals surface area (Å²) < 4.78 is 22.3. The van der Waals surface area contributed by atoms with E-state index in [0.29, 0.717) is 23.0 Å². The van der Waals surface area contributed by atoms with Gasteiger partial charge in [-0.25, -0.2) is 9.59 Å². The lowest BCUT2D eigenvalue weighted by atomic mass is 10.1. The van der Waals surface area contributed by atoms with Crippen LogP contribution in [0.25, 0.3) is 0 Å². The zero-order valence-electron chi connectivity index (χ0n) is 25.7. The van der Waals surface area contributed by atoms with Crippen molar-refractivity contribution >= 4 is 37.8 Å². The number of piperazine rings is 2. The number of benzene rings is 2. The van der Waals surface area contributed by atoms with Crippen molar-refractivity contribution in [1.82, 2.24) is 20.0 Å². The molecule has 10 nitrogen and oxygen atoms in total. The van der Waals surface area contributed by atoms with Crippen molar-refractivity contribution in [2.75, 3.05) is 90.9 Å². The Hall–Kier alpha value is -2.03. The molecule has 2 aromatic rings. The average molecular weight is 673 g/mol. The largest absolute Gasteiger partial charge is 0.478 e. The Kier molecular flexibility index (Phi) is 17.7. The summed E-state index contributed by atoms with van der Waals surface area (Å²) in [5.74, 6) is -1.76. The van der Waals surface area contributed by atoms with Crippen LogP contribution in [0.5, 0.6) is 0 Å². The topological polar surface area (TPSA) is 130 Å². The Balaban J connectivity index is 0.000000373. The molecular weight excluding hydrogens is 622 g/mol. The number of nitrogens with zero attached hydrogens (tertiary/aromatic N) is 3. The molecule has 2 aliphatic heterocycles. The van der Waals surface area contributed by atoms with E-state index in [1.807, 2.05) is 37.6 Å². The number of hydrogen-bond donors (Lipinski definition) is 3. The molecule has 4 rings (SSSR count). The lowest BCUT2D eigenvalue weighted by molar-refractivity contribution is 0.0686. The van der Waals surface area contributed by atoms with E-state index in [1.54, 1.807) is 37.6 Å². The van der Waals surface area contributed by atoms with Gasteiger partial charge in [0.2, 0.25) is 0 Å². The molecule has 2 aromatic carbocycles. The normalized spacial score (nSPS) is 16.4. The monoisotopic (exact) mass is 672 g/mol. The van der Waals surface area contributed by atoms with Crippen molar-refractivity contribution in [3.8, 4) is 0 Å². The lowest BCUT2D eigenvalue weighted by Gasteiger charge is -2.35. The van der Waals surface area contributed by atoms with Crippen LogP contribution in [0.1, 0.15) is 39.3 Å². The third-order valence-corrected chi connectivity index (χ3v) is 10.1. The SMILES string of the molecule is C.CP(C)(=O)CCl.CP(C)(=O)CN1CCN(Cc2ccc(C(=O)O)cc2)CC1.O=C(O)c1ccc(CN2CCNCC2)cc1. The second-order valence-electron chi connectivity index (χ2n) is 11.8. The molecule has 0 bridgehead atoms. The van der Waals surface area contributed by atoms with Crippen LogP contribution in [0.4, 0.5) is 0 Å². The molecule has 0 spiro atoms. The van der Waals surface area contributed by atoms with E-state index in [2.05, 4.69) is 20.0 Å². The van der Waals surface area contributed by atoms with Crippen molar-refractivity contribution in [3.05, 3.63) is 70.8 Å². The highest BCUT2D eigenvalue weighted by atomic mass is 35.5. The molecule has 0 aromatic heterocycles. The van der Waals surface area contributed by atoms with Gasteiger partial charge in [-0.15, -0.1) is 11.6 Å². The standard InChI is InChI=1S/C15H23N2O3P.C12H16N2O2.C3H8ClOP.CH4/c1-21(2,20)12-17-9-7-16(8-10-17)11-13-3-5-14(6-4-13)15(18)19;15-12(16)11-3-1-10(2-4-11)9-14-7-5-13-6-8-14;1-6(2,5)3-4;/h3-6H,7-12H2,1-2H3,(H,18,19);1-4,13H,5-9H2,(H,15,16);3H2,1-2H3;1H4. The van der Waals surface area contributed by atoms with Crippen LogP contribution >= 0.6 is 25.9 Å². The fraction of sp³-hybridized carbons (Fsp3) is 0.548. The Morgan fingerprint density at radius 2 is 1.02 bits per heavy atom. The number of aromatic carboxylic acids is 2. The minimum absolute atomic E-state index is 0. The second-order valence-corrected chi connectivity index (χ2v) is 19.4. The minimum Gasteiger partial charge on any atom is -0.478 e. The molecule has 44 heavy (non-hydrogen) atoms. The average Bonchev–Trinajstić information content (AvgIpc) is 2.95. The van der Waals surface area contributed by atoms with E-state index in [1.165, 1.54) is 5.56 Å². The molecule has 2 saturated heterocycles. The van der Waals surface area contributed by atoms with E-state index in [-0.39, 0.29) is 7.43 Å². The van der Waals surface area contributed by atoms with Gasteiger partial charge in [0, 0.05) is 65.4 Å². The Morgan fingerprint density at radius 1 is 0.682 bits per heavy atom. The molecule has 0 saturated carbocycles. The summed E-state index contributed by atoms with van der Waals surface area (Å²) in [6.45, 7) is 16.7. The Morgan fingerprint density at radius 3 is 1.34 bits per heavy atom. The third-order valence-electron chi connectivity index (χ3n) is 6.72. The first kappa shape index (κ1) is 40.0. The number of carboxylic acid groups (broad SMARTS) is 2. The van der Waals surface area contributed by atoms with Gasteiger partial charge in [0.1, 0.15) is 0 Å². The molecule has 2 fully saturated rings. The first-order chi connectivity index (χ1) is 20.1. The van der Waals surface area contributed by atoms with Gasteiger partial charge >= 0.3 is 11.9 Å². The van der Waals surface area contributed by atoms with E-state index in [0.717, 1.165) is 71.0 Å². The van der Waals surface area contributed by atoms with E-state index >= 15 is 0 Å². The van der Waals surface area contributed by atoms with Gasteiger partial charge in [0.15, 0.2) is 0 Å². The first-order valence-corrected chi connectivity index (χ1v) is 20.4. The highest BCUT2D eigenvalue weighted by Crippen LogP contribution is 2.37. The van der Waals surface area contributed by atoms with Gasteiger partial charge < -0.3 is 24.7 Å². The van der Waals surface area contributed by atoms with Crippen molar-refractivity contribution < 1.29 is 28.9 Å². The fourth-order valence-electron chi connectivity index (χ4n) is 4.46. The van der Waals surface area contributed by atoms with E-state index < -0.39 is 26.2 Å². The van der Waals surface area contributed by atoms with Gasteiger partial charge in [-0.3, -0.25) is 14.7 Å². The van der Waals surface area contributed by atoms with Crippen molar-refractivity contribution in [2.45, 2.75) is 20.5 Å². The summed E-state index contributed by atoms with van der Waals surface area (Å²) >= 11 is 5.21. The molecular formula is C31H51ClN4O6P2. The van der Waals surface area contributed by atoms with Crippen LogP contribution in [0.15, 0.2) is 48.5 Å². The maximum absolute atomic E-state index is 11.8. The van der Waals surface area contributed by atoms with Crippen molar-refractivity contribution in [1.29, 1.82) is 0 Å². The summed E-state index contributed by atoms with van der Waals surface area (Å²) in [5, 5.41) is 21.0. The second kappa shape index (κ2) is 19.5. The van der Waals surface area contributed by atoms with Crippen molar-refractivity contribution in [2.24, 2.45) is 0 Å². The summed E-state index contributed by atoms with van der Waals surface area (Å²) in [6, 6.07) is 14.2. The third kappa shape index (κ3) is 16.9. The predicted octanol–water partition coefficient (Wildman–Crippen LogP) is 5.31. The van der Waals surface area contributed by atoms with Crippen molar-refractivity contribution in [3.63, 3.8) is 0 Å². The molecule has 3 N–H and O–H groups in total. The first-order valence-electron chi connectivity index (χ1n) is 14.3. The molecule has 0 atom stereocenters. The van der Waals surface area contributed by atoms with Gasteiger partial charge in [-0.1, -0.05) is 31.7 Å². The molecule has 0 unspecified atom stereocenters. The van der Waals surface area contributed by atoms with Gasteiger partial charge in [0.25, 0.3) is 0 Å². The van der Waals surface area contributed by atoms with Crippen LogP contribution in [-0.2, 0) is 22.2 Å². The molecule has 2 heterocycles. The Labute approximate surface area is 268 Å². The highest BCUT2D eigenvalue weighted by Gasteiger charge is 2.20. The van der Waals surface area contributed by atoms with E-state index in [9.17, 15) is 18.7 Å². The van der Waals surface area contributed by atoms with Crippen LogP contribution in [0, 0.1) is 0 Å². The molecule has 248 valence electrons. The number of alkyl halides is 1. The smallest absolute Gasteiger partial charge is 0.335 e. The summed E-state index contributed by atoms with van der Waals surface area (Å²) in [4.78, 5) is 28.5. The number of nitrogens with one attached hydrogen (secondary N) is 1. The maximum Gasteiger partial charge on any atom is 0.335 e.